The molecule has 0 aliphatic rings. The molecule has 1 aromatic heterocycles. The zero-order valence-electron chi connectivity index (χ0n) is 9.86. The molecule has 1 heterocycles. The van der Waals surface area contributed by atoms with Gasteiger partial charge >= 0.3 is 0 Å². The lowest BCUT2D eigenvalue weighted by molar-refractivity contribution is 1.12. The number of anilines is 1. The second-order valence-corrected chi connectivity index (χ2v) is 6.43. The van der Waals surface area contributed by atoms with E-state index in [1.165, 1.54) is 4.70 Å². The molecule has 1 N–H and O–H groups in total. The van der Waals surface area contributed by atoms with Gasteiger partial charge in [-0.1, -0.05) is 23.7 Å². The third-order valence-electron chi connectivity index (χ3n) is 2.70. The van der Waals surface area contributed by atoms with E-state index in [1.807, 2.05) is 36.4 Å². The molecule has 0 aliphatic carbocycles. The van der Waals surface area contributed by atoms with Crippen LogP contribution in [-0.4, -0.2) is 4.98 Å². The molecule has 0 saturated heterocycles. The number of nitrogens with zero attached hydrogens (tertiary/aromatic N) is 1. The number of hydrogen-bond donors (Lipinski definition) is 1. The summed E-state index contributed by atoms with van der Waals surface area (Å²) in [6, 6.07) is 14.0. The molecular formula is C14H10BrClN2S. The summed E-state index contributed by atoms with van der Waals surface area (Å²) in [4.78, 5) is 4.59. The van der Waals surface area contributed by atoms with Gasteiger partial charge in [0, 0.05) is 10.2 Å². The summed E-state index contributed by atoms with van der Waals surface area (Å²) in [7, 11) is 0. The lowest BCUT2D eigenvalue weighted by Crippen LogP contribution is -1.98. The molecule has 0 fully saturated rings. The van der Waals surface area contributed by atoms with Crippen molar-refractivity contribution in [1.29, 1.82) is 0 Å². The maximum Gasteiger partial charge on any atom is 0.113 e. The number of nitrogens with one attached hydrogen (secondary N) is 1. The van der Waals surface area contributed by atoms with E-state index in [9.17, 15) is 0 Å². The van der Waals surface area contributed by atoms with Gasteiger partial charge in [0.05, 0.1) is 21.8 Å². The van der Waals surface area contributed by atoms with Gasteiger partial charge in [0.1, 0.15) is 5.01 Å². The number of halogens is 2. The van der Waals surface area contributed by atoms with Crippen molar-refractivity contribution in [3.63, 3.8) is 0 Å². The molecule has 19 heavy (non-hydrogen) atoms. The molecule has 0 atom stereocenters. The number of para-hydroxylation sites is 1. The van der Waals surface area contributed by atoms with Crippen LogP contribution in [0.4, 0.5) is 5.69 Å². The highest BCUT2D eigenvalue weighted by molar-refractivity contribution is 9.10. The van der Waals surface area contributed by atoms with Crippen molar-refractivity contribution in [2.24, 2.45) is 0 Å². The SMILES string of the molecule is Clc1ccc(NCc2nc3ccccc3s2)cc1Br. The fourth-order valence-corrected chi connectivity index (χ4v) is 3.18. The quantitative estimate of drug-likeness (QED) is 0.689. The zero-order valence-corrected chi connectivity index (χ0v) is 13.0. The number of rotatable bonds is 3. The predicted molar refractivity (Wildman–Crippen MR) is 86.1 cm³/mol. The Morgan fingerprint density at radius 3 is 2.84 bits per heavy atom. The molecule has 0 saturated carbocycles. The Hall–Kier alpha value is -1.10. The van der Waals surface area contributed by atoms with E-state index in [0.717, 1.165) is 20.7 Å². The molecule has 0 bridgehead atoms. The second kappa shape index (κ2) is 5.49. The average molecular weight is 354 g/mol. The fraction of sp³-hybridized carbons (Fsp3) is 0.0714. The van der Waals surface area contributed by atoms with E-state index in [-0.39, 0.29) is 0 Å². The highest BCUT2D eigenvalue weighted by Gasteiger charge is 2.03. The first kappa shape index (κ1) is 12.9. The van der Waals surface area contributed by atoms with E-state index in [2.05, 4.69) is 32.3 Å². The van der Waals surface area contributed by atoms with Crippen molar-refractivity contribution >= 4 is 54.8 Å². The van der Waals surface area contributed by atoms with Crippen LogP contribution in [0.15, 0.2) is 46.9 Å². The minimum Gasteiger partial charge on any atom is -0.378 e. The highest BCUT2D eigenvalue weighted by atomic mass is 79.9. The van der Waals surface area contributed by atoms with Gasteiger partial charge in [-0.25, -0.2) is 4.98 Å². The lowest BCUT2D eigenvalue weighted by Gasteiger charge is -2.05. The summed E-state index contributed by atoms with van der Waals surface area (Å²) in [5, 5.41) is 5.14. The zero-order chi connectivity index (χ0) is 13.2. The Bertz CT molecular complexity index is 693. The summed E-state index contributed by atoms with van der Waals surface area (Å²) in [6.45, 7) is 0.716. The molecule has 0 unspecified atom stereocenters. The molecular weight excluding hydrogens is 344 g/mol. The van der Waals surface area contributed by atoms with Crippen molar-refractivity contribution in [3.05, 3.63) is 57.0 Å². The third kappa shape index (κ3) is 2.91. The molecule has 0 spiro atoms. The summed E-state index contributed by atoms with van der Waals surface area (Å²) < 4.78 is 2.11. The van der Waals surface area contributed by atoms with Gasteiger partial charge in [0.15, 0.2) is 0 Å². The Morgan fingerprint density at radius 1 is 1.21 bits per heavy atom. The van der Waals surface area contributed by atoms with Crippen LogP contribution in [0.3, 0.4) is 0 Å². The van der Waals surface area contributed by atoms with Crippen LogP contribution >= 0.6 is 38.9 Å². The molecule has 3 rings (SSSR count). The largest absolute Gasteiger partial charge is 0.378 e. The molecule has 0 radical (unpaired) electrons. The monoisotopic (exact) mass is 352 g/mol. The van der Waals surface area contributed by atoms with Crippen molar-refractivity contribution in [2.45, 2.75) is 6.54 Å². The van der Waals surface area contributed by atoms with Crippen LogP contribution in [0.1, 0.15) is 5.01 Å². The van der Waals surface area contributed by atoms with Crippen molar-refractivity contribution in [3.8, 4) is 0 Å². The van der Waals surface area contributed by atoms with Gasteiger partial charge in [0.2, 0.25) is 0 Å². The maximum atomic E-state index is 5.97. The molecule has 5 heteroatoms. The molecule has 2 nitrogen and oxygen atoms in total. The van der Waals surface area contributed by atoms with Gasteiger partial charge < -0.3 is 5.32 Å². The minimum atomic E-state index is 0.713. The van der Waals surface area contributed by atoms with E-state index < -0.39 is 0 Å². The minimum absolute atomic E-state index is 0.713. The topological polar surface area (TPSA) is 24.9 Å². The molecule has 0 amide bonds. The normalized spacial score (nSPS) is 10.8. The van der Waals surface area contributed by atoms with Gasteiger partial charge in [-0.3, -0.25) is 0 Å². The maximum absolute atomic E-state index is 5.97. The van der Waals surface area contributed by atoms with Gasteiger partial charge in [0.25, 0.3) is 0 Å². The Morgan fingerprint density at radius 2 is 2.05 bits per heavy atom. The average Bonchev–Trinajstić information content (AvgIpc) is 2.83. The van der Waals surface area contributed by atoms with Crippen molar-refractivity contribution < 1.29 is 0 Å². The summed E-state index contributed by atoms with van der Waals surface area (Å²) >= 11 is 11.1. The Kier molecular flexibility index (Phi) is 3.73. The Balaban J connectivity index is 1.76. The van der Waals surface area contributed by atoms with Gasteiger partial charge in [-0.15, -0.1) is 11.3 Å². The van der Waals surface area contributed by atoms with E-state index in [0.29, 0.717) is 11.6 Å². The van der Waals surface area contributed by atoms with Crippen LogP contribution in [0.2, 0.25) is 5.02 Å². The second-order valence-electron chi connectivity index (χ2n) is 4.06. The fourth-order valence-electron chi connectivity index (χ4n) is 1.78. The van der Waals surface area contributed by atoms with Crippen LogP contribution in [0.25, 0.3) is 10.2 Å². The number of fused-ring (bicyclic) bond motifs is 1. The van der Waals surface area contributed by atoms with Crippen LogP contribution in [0, 0.1) is 0 Å². The van der Waals surface area contributed by atoms with E-state index in [4.69, 9.17) is 11.6 Å². The molecule has 0 aliphatic heterocycles. The van der Waals surface area contributed by atoms with Crippen LogP contribution in [-0.2, 0) is 6.54 Å². The number of thiazole rings is 1. The first-order valence-corrected chi connectivity index (χ1v) is 7.74. The highest BCUT2D eigenvalue weighted by Crippen LogP contribution is 2.26. The Labute approximate surface area is 128 Å². The lowest BCUT2D eigenvalue weighted by atomic mass is 10.3. The number of aromatic nitrogens is 1. The molecule has 96 valence electrons. The van der Waals surface area contributed by atoms with Crippen molar-refractivity contribution in [2.75, 3.05) is 5.32 Å². The predicted octanol–water partition coefficient (Wildman–Crippen LogP) is 5.32. The van der Waals surface area contributed by atoms with Crippen LogP contribution < -0.4 is 5.32 Å². The number of hydrogen-bond acceptors (Lipinski definition) is 3. The van der Waals surface area contributed by atoms with E-state index in [1.54, 1.807) is 11.3 Å². The third-order valence-corrected chi connectivity index (χ3v) is 4.95. The smallest absolute Gasteiger partial charge is 0.113 e. The summed E-state index contributed by atoms with van der Waals surface area (Å²) in [6.07, 6.45) is 0. The van der Waals surface area contributed by atoms with Crippen LogP contribution in [0.5, 0.6) is 0 Å². The van der Waals surface area contributed by atoms with Gasteiger partial charge in [-0.05, 0) is 46.3 Å². The standard InChI is InChI=1S/C14H10BrClN2S/c15-10-7-9(5-6-11(10)16)17-8-14-18-12-3-1-2-4-13(12)19-14/h1-7,17H,8H2. The molecule has 2 aromatic carbocycles. The summed E-state index contributed by atoms with van der Waals surface area (Å²) in [5.41, 5.74) is 2.08. The van der Waals surface area contributed by atoms with Gasteiger partial charge in [-0.2, -0.15) is 0 Å². The summed E-state index contributed by atoms with van der Waals surface area (Å²) in [5.74, 6) is 0. The molecule has 3 aromatic rings. The first-order valence-electron chi connectivity index (χ1n) is 5.76. The van der Waals surface area contributed by atoms with E-state index >= 15 is 0 Å². The number of benzene rings is 2. The van der Waals surface area contributed by atoms with Crippen molar-refractivity contribution in [1.82, 2.24) is 4.98 Å². The first-order chi connectivity index (χ1) is 9.22.